The molecule has 0 fully saturated rings. The normalized spacial score (nSPS) is 10.7. The first-order chi connectivity index (χ1) is 12.0. The highest BCUT2D eigenvalue weighted by atomic mass is 16.6. The van der Waals surface area contributed by atoms with Crippen molar-refractivity contribution < 1.29 is 23.9 Å². The fourth-order valence-electron chi connectivity index (χ4n) is 2.94. The summed E-state index contributed by atoms with van der Waals surface area (Å²) in [5.74, 6) is 1.97. The molecule has 130 valence electrons. The van der Waals surface area contributed by atoms with E-state index in [1.54, 1.807) is 31.4 Å². The average Bonchev–Trinajstić information content (AvgIpc) is 2.64. The third-order valence-electron chi connectivity index (χ3n) is 4.13. The number of fused-ring (bicyclic) bond motifs is 3. The van der Waals surface area contributed by atoms with Gasteiger partial charge in [-0.3, -0.25) is 10.1 Å². The third-order valence-corrected chi connectivity index (χ3v) is 4.13. The van der Waals surface area contributed by atoms with E-state index in [0.717, 1.165) is 5.39 Å². The minimum atomic E-state index is -0.412. The number of ether oxygens (including phenoxy) is 4. The largest absolute Gasteiger partial charge is 0.493 e. The number of rotatable bonds is 5. The molecule has 3 aromatic rings. The van der Waals surface area contributed by atoms with Crippen LogP contribution in [0.15, 0.2) is 30.3 Å². The molecule has 0 unspecified atom stereocenters. The Morgan fingerprint density at radius 3 is 1.60 bits per heavy atom. The molecule has 0 aromatic heterocycles. The number of benzene rings is 3. The lowest BCUT2D eigenvalue weighted by atomic mass is 9.99. The number of non-ortho nitro benzene ring substituents is 1. The Labute approximate surface area is 143 Å². The van der Waals surface area contributed by atoms with Gasteiger partial charge in [0.1, 0.15) is 0 Å². The van der Waals surface area contributed by atoms with Gasteiger partial charge < -0.3 is 18.9 Å². The lowest BCUT2D eigenvalue weighted by molar-refractivity contribution is -0.382. The van der Waals surface area contributed by atoms with E-state index >= 15 is 0 Å². The molecule has 7 nitrogen and oxygen atoms in total. The SMILES string of the molecule is COc1cc2cc([N+](=O)[O-])c3cc(OC)c(OC)cc3c2cc1OC. The topological polar surface area (TPSA) is 80.1 Å². The number of nitrogens with zero attached hydrogens (tertiary/aromatic N) is 1. The number of nitro benzene ring substituents is 1. The van der Waals surface area contributed by atoms with Gasteiger partial charge in [0, 0.05) is 11.5 Å². The summed E-state index contributed by atoms with van der Waals surface area (Å²) in [6.45, 7) is 0. The van der Waals surface area contributed by atoms with Crippen molar-refractivity contribution in [2.45, 2.75) is 0 Å². The fourth-order valence-corrected chi connectivity index (χ4v) is 2.94. The number of hydrogen-bond acceptors (Lipinski definition) is 6. The maximum atomic E-state index is 11.6. The van der Waals surface area contributed by atoms with Crippen LogP contribution in [0.3, 0.4) is 0 Å². The van der Waals surface area contributed by atoms with E-state index in [0.29, 0.717) is 39.2 Å². The molecule has 0 radical (unpaired) electrons. The summed E-state index contributed by atoms with van der Waals surface area (Å²) in [7, 11) is 6.07. The van der Waals surface area contributed by atoms with Gasteiger partial charge in [0.15, 0.2) is 23.0 Å². The van der Waals surface area contributed by atoms with Crippen LogP contribution in [0.1, 0.15) is 0 Å². The Bertz CT molecular complexity index is 983. The molecule has 7 heteroatoms. The Morgan fingerprint density at radius 2 is 1.12 bits per heavy atom. The molecular formula is C18H17NO6. The predicted molar refractivity (Wildman–Crippen MR) is 94.3 cm³/mol. The molecule has 3 aromatic carbocycles. The van der Waals surface area contributed by atoms with Crippen LogP contribution >= 0.6 is 0 Å². The van der Waals surface area contributed by atoms with Crippen LogP contribution in [0.2, 0.25) is 0 Å². The van der Waals surface area contributed by atoms with E-state index < -0.39 is 4.92 Å². The summed E-state index contributed by atoms with van der Waals surface area (Å²) in [6, 6.07) is 8.38. The van der Waals surface area contributed by atoms with Gasteiger partial charge in [0.05, 0.1) is 38.7 Å². The van der Waals surface area contributed by atoms with Gasteiger partial charge in [0.2, 0.25) is 0 Å². The van der Waals surface area contributed by atoms with Gasteiger partial charge in [-0.1, -0.05) is 0 Å². The molecule has 3 rings (SSSR count). The zero-order valence-electron chi connectivity index (χ0n) is 14.3. The number of methoxy groups -OCH3 is 4. The summed E-state index contributed by atoms with van der Waals surface area (Å²) in [5, 5.41) is 14.2. The first-order valence-electron chi connectivity index (χ1n) is 7.42. The van der Waals surface area contributed by atoms with Crippen LogP contribution in [-0.2, 0) is 0 Å². The Hall–Kier alpha value is -3.22. The second-order valence-corrected chi connectivity index (χ2v) is 5.33. The van der Waals surface area contributed by atoms with Gasteiger partial charge in [-0.2, -0.15) is 0 Å². The van der Waals surface area contributed by atoms with E-state index in [1.807, 2.05) is 0 Å². The molecule has 0 aliphatic heterocycles. The zero-order chi connectivity index (χ0) is 18.1. The molecular weight excluding hydrogens is 326 g/mol. The van der Waals surface area contributed by atoms with Crippen LogP contribution in [0.25, 0.3) is 21.5 Å². The lowest BCUT2D eigenvalue weighted by Gasteiger charge is -2.13. The van der Waals surface area contributed by atoms with E-state index in [2.05, 4.69) is 0 Å². The third kappa shape index (κ3) is 2.63. The summed E-state index contributed by atoms with van der Waals surface area (Å²) in [6.07, 6.45) is 0. The van der Waals surface area contributed by atoms with Gasteiger partial charge in [-0.05, 0) is 35.0 Å². The summed E-state index contributed by atoms with van der Waals surface area (Å²) in [4.78, 5) is 11.2. The molecule has 0 bridgehead atoms. The minimum Gasteiger partial charge on any atom is -0.493 e. The molecule has 0 aliphatic carbocycles. The summed E-state index contributed by atoms with van der Waals surface area (Å²) in [5.41, 5.74) is -0.0179. The van der Waals surface area contributed by atoms with E-state index in [-0.39, 0.29) is 5.69 Å². The van der Waals surface area contributed by atoms with Crippen molar-refractivity contribution in [1.82, 2.24) is 0 Å². The van der Waals surface area contributed by atoms with E-state index in [9.17, 15) is 10.1 Å². The van der Waals surface area contributed by atoms with Crippen molar-refractivity contribution in [2.75, 3.05) is 28.4 Å². The van der Waals surface area contributed by atoms with Crippen LogP contribution in [0, 0.1) is 10.1 Å². The van der Waals surface area contributed by atoms with Crippen LogP contribution in [-0.4, -0.2) is 33.4 Å². The lowest BCUT2D eigenvalue weighted by Crippen LogP contribution is -1.96. The molecule has 0 amide bonds. The quantitative estimate of drug-likeness (QED) is 0.397. The molecule has 0 atom stereocenters. The van der Waals surface area contributed by atoms with Crippen LogP contribution < -0.4 is 18.9 Å². The van der Waals surface area contributed by atoms with Crippen molar-refractivity contribution in [1.29, 1.82) is 0 Å². The molecule has 0 saturated heterocycles. The van der Waals surface area contributed by atoms with Gasteiger partial charge in [-0.15, -0.1) is 0 Å². The standard InChI is InChI=1S/C18H17NO6/c1-22-15-6-10-5-14(19(20)21)13-9-18(25-4)17(24-3)8-12(13)11(10)7-16(15)23-2/h5-9H,1-4H3. The first kappa shape index (κ1) is 16.6. The first-order valence-corrected chi connectivity index (χ1v) is 7.42. The second kappa shape index (κ2) is 6.35. The zero-order valence-corrected chi connectivity index (χ0v) is 14.3. The molecule has 0 aliphatic rings. The highest BCUT2D eigenvalue weighted by Gasteiger charge is 2.20. The van der Waals surface area contributed by atoms with E-state index in [1.165, 1.54) is 27.4 Å². The van der Waals surface area contributed by atoms with E-state index in [4.69, 9.17) is 18.9 Å². The number of nitro groups is 1. The van der Waals surface area contributed by atoms with Crippen LogP contribution in [0.4, 0.5) is 5.69 Å². The van der Waals surface area contributed by atoms with Crippen molar-refractivity contribution in [2.24, 2.45) is 0 Å². The maximum absolute atomic E-state index is 11.6. The van der Waals surface area contributed by atoms with Gasteiger partial charge >= 0.3 is 0 Å². The van der Waals surface area contributed by atoms with Gasteiger partial charge in [-0.25, -0.2) is 0 Å². The monoisotopic (exact) mass is 343 g/mol. The smallest absolute Gasteiger partial charge is 0.277 e. The van der Waals surface area contributed by atoms with Crippen molar-refractivity contribution >= 4 is 27.2 Å². The summed E-state index contributed by atoms with van der Waals surface area (Å²) < 4.78 is 21.3. The Morgan fingerprint density at radius 1 is 0.680 bits per heavy atom. The molecule has 0 N–H and O–H groups in total. The highest BCUT2D eigenvalue weighted by molar-refractivity contribution is 6.13. The Balaban J connectivity index is 2.51. The van der Waals surface area contributed by atoms with Crippen molar-refractivity contribution in [3.8, 4) is 23.0 Å². The molecule has 0 spiro atoms. The second-order valence-electron chi connectivity index (χ2n) is 5.33. The predicted octanol–water partition coefficient (Wildman–Crippen LogP) is 3.94. The number of hydrogen-bond donors (Lipinski definition) is 0. The maximum Gasteiger partial charge on any atom is 0.277 e. The highest BCUT2D eigenvalue weighted by Crippen LogP contribution is 2.43. The van der Waals surface area contributed by atoms with Crippen LogP contribution in [0.5, 0.6) is 23.0 Å². The Kier molecular flexibility index (Phi) is 4.22. The minimum absolute atomic E-state index is 0.0179. The summed E-state index contributed by atoms with van der Waals surface area (Å²) >= 11 is 0. The molecule has 25 heavy (non-hydrogen) atoms. The van der Waals surface area contributed by atoms with Crippen molar-refractivity contribution in [3.05, 3.63) is 40.4 Å². The molecule has 0 heterocycles. The van der Waals surface area contributed by atoms with Crippen molar-refractivity contribution in [3.63, 3.8) is 0 Å². The molecule has 0 saturated carbocycles. The van der Waals surface area contributed by atoms with Gasteiger partial charge in [0.25, 0.3) is 5.69 Å². The average molecular weight is 343 g/mol. The fraction of sp³-hybridized carbons (Fsp3) is 0.222.